The number of hydrogen-bond donors (Lipinski definition) is 3. The summed E-state index contributed by atoms with van der Waals surface area (Å²) in [5.41, 5.74) is -0.467. The molecule has 0 aliphatic carbocycles. The van der Waals surface area contributed by atoms with Gasteiger partial charge in [0.2, 0.25) is 5.91 Å². The largest absolute Gasteiger partial charge is 0.481 e. The van der Waals surface area contributed by atoms with E-state index >= 15 is 0 Å². The van der Waals surface area contributed by atoms with E-state index in [1.807, 2.05) is 0 Å². The van der Waals surface area contributed by atoms with Crippen LogP contribution in [0.15, 0.2) is 12.1 Å². The van der Waals surface area contributed by atoms with Crippen LogP contribution >= 0.6 is 11.6 Å². The molecule has 2 atom stereocenters. The number of hydrogen-bond acceptors (Lipinski definition) is 3. The molecule has 0 spiro atoms. The summed E-state index contributed by atoms with van der Waals surface area (Å²) in [6, 6.07) is 0.721. The van der Waals surface area contributed by atoms with Gasteiger partial charge in [0.05, 0.1) is 10.9 Å². The van der Waals surface area contributed by atoms with Crippen LogP contribution < -0.4 is 5.32 Å². The maximum atomic E-state index is 13.8. The molecule has 1 fully saturated rings. The van der Waals surface area contributed by atoms with E-state index < -0.39 is 53.7 Å². The van der Waals surface area contributed by atoms with Crippen LogP contribution in [0.3, 0.4) is 0 Å². The maximum absolute atomic E-state index is 13.8. The van der Waals surface area contributed by atoms with Crippen LogP contribution in [0.4, 0.5) is 13.6 Å². The number of nitrogens with zero attached hydrogens (tertiary/aromatic N) is 1. The van der Waals surface area contributed by atoms with E-state index in [1.54, 1.807) is 0 Å². The molecule has 130 valence electrons. The van der Waals surface area contributed by atoms with Gasteiger partial charge >= 0.3 is 12.1 Å². The minimum Gasteiger partial charge on any atom is -0.481 e. The Morgan fingerprint density at radius 3 is 2.54 bits per heavy atom. The van der Waals surface area contributed by atoms with Crippen molar-refractivity contribution in [2.24, 2.45) is 5.92 Å². The second-order valence-electron chi connectivity index (χ2n) is 5.26. The second kappa shape index (κ2) is 7.00. The first-order valence-electron chi connectivity index (χ1n) is 6.84. The Kier molecular flexibility index (Phi) is 5.23. The van der Waals surface area contributed by atoms with Crippen molar-refractivity contribution in [3.8, 4) is 0 Å². The Bertz CT molecular complexity index is 700. The molecule has 1 aromatic rings. The number of carbonyl (C=O) groups excluding carboxylic acids is 1. The van der Waals surface area contributed by atoms with Gasteiger partial charge in [0, 0.05) is 18.7 Å². The fourth-order valence-corrected chi connectivity index (χ4v) is 2.68. The lowest BCUT2D eigenvalue weighted by molar-refractivity contribution is -0.141. The predicted octanol–water partition coefficient (Wildman–Crippen LogP) is 1.69. The van der Waals surface area contributed by atoms with Crippen LogP contribution in [0.5, 0.6) is 0 Å². The monoisotopic (exact) mass is 362 g/mol. The predicted molar refractivity (Wildman–Crippen MR) is 77.5 cm³/mol. The van der Waals surface area contributed by atoms with Crippen LogP contribution in [0.1, 0.15) is 12.0 Å². The average Bonchev–Trinajstić information content (AvgIpc) is 2.96. The van der Waals surface area contributed by atoms with Crippen molar-refractivity contribution in [3.05, 3.63) is 34.4 Å². The minimum atomic E-state index is -1.45. The fraction of sp³-hybridized carbons (Fsp3) is 0.357. The van der Waals surface area contributed by atoms with Gasteiger partial charge in [-0.05, 0) is 18.6 Å². The number of amides is 2. The van der Waals surface area contributed by atoms with Crippen molar-refractivity contribution < 1.29 is 33.4 Å². The normalized spacial score (nSPS) is 20.0. The zero-order chi connectivity index (χ0) is 18.0. The van der Waals surface area contributed by atoms with Gasteiger partial charge in [-0.3, -0.25) is 14.5 Å². The van der Waals surface area contributed by atoms with Crippen molar-refractivity contribution >= 4 is 29.6 Å². The van der Waals surface area contributed by atoms with Gasteiger partial charge in [-0.15, -0.1) is 0 Å². The zero-order valence-electron chi connectivity index (χ0n) is 12.1. The molecule has 10 heteroatoms. The molecule has 1 saturated heterocycles. The number of aliphatic carboxylic acids is 1. The van der Waals surface area contributed by atoms with Crippen LogP contribution in [0.2, 0.25) is 5.02 Å². The van der Waals surface area contributed by atoms with Gasteiger partial charge in [-0.1, -0.05) is 11.6 Å². The van der Waals surface area contributed by atoms with Crippen molar-refractivity contribution in [1.82, 2.24) is 10.2 Å². The first kappa shape index (κ1) is 17.9. The number of likely N-dealkylation sites (tertiary alicyclic amines) is 1. The van der Waals surface area contributed by atoms with Gasteiger partial charge in [0.25, 0.3) is 0 Å². The fourth-order valence-electron chi connectivity index (χ4n) is 2.50. The van der Waals surface area contributed by atoms with Crippen LogP contribution in [0.25, 0.3) is 0 Å². The smallest absolute Gasteiger partial charge is 0.408 e. The highest BCUT2D eigenvalue weighted by Gasteiger charge is 2.42. The Morgan fingerprint density at radius 2 is 1.96 bits per heavy atom. The summed E-state index contributed by atoms with van der Waals surface area (Å²) in [6.45, 7) is -0.874. The lowest BCUT2D eigenvalue weighted by Gasteiger charge is -2.20. The summed E-state index contributed by atoms with van der Waals surface area (Å²) in [7, 11) is 0. The molecule has 7 nitrogen and oxygen atoms in total. The minimum absolute atomic E-state index is 0.214. The van der Waals surface area contributed by atoms with E-state index in [2.05, 4.69) is 5.32 Å². The SMILES string of the molecule is O=C(O)[C@H]1C[C@@H](C(=O)NCc2c(F)ccc(Cl)c2F)N(C(=O)O)C1. The van der Waals surface area contributed by atoms with E-state index in [0.29, 0.717) is 4.90 Å². The zero-order valence-corrected chi connectivity index (χ0v) is 12.9. The molecule has 1 aliphatic heterocycles. The Morgan fingerprint density at radius 1 is 1.29 bits per heavy atom. The highest BCUT2D eigenvalue weighted by molar-refractivity contribution is 6.30. The van der Waals surface area contributed by atoms with Gasteiger partial charge < -0.3 is 15.5 Å². The van der Waals surface area contributed by atoms with Gasteiger partial charge in [-0.2, -0.15) is 0 Å². The Hall–Kier alpha value is -2.42. The molecular formula is C14H13ClF2N2O5. The molecule has 0 radical (unpaired) electrons. The topological polar surface area (TPSA) is 107 Å². The summed E-state index contributed by atoms with van der Waals surface area (Å²) < 4.78 is 27.4. The number of carboxylic acids is 1. The number of benzene rings is 1. The molecule has 2 amide bonds. The number of rotatable bonds is 4. The third-order valence-electron chi connectivity index (χ3n) is 3.78. The standard InChI is InChI=1S/C14H13ClF2N2O5/c15-8-1-2-9(16)7(11(8)17)4-18-12(20)10-3-6(13(21)22)5-19(10)14(23)24/h1-2,6,10H,3-5H2,(H,18,20)(H,21,22)(H,23,24)/t6-,10-/m0/s1. The van der Waals surface area contributed by atoms with Crippen LogP contribution in [-0.2, 0) is 16.1 Å². The molecule has 0 unspecified atom stereocenters. The lowest BCUT2D eigenvalue weighted by Crippen LogP contribution is -2.45. The third-order valence-corrected chi connectivity index (χ3v) is 4.07. The van der Waals surface area contributed by atoms with Crippen LogP contribution in [0, 0.1) is 17.6 Å². The quantitative estimate of drug-likeness (QED) is 0.706. The Labute approximate surface area is 139 Å². The van der Waals surface area contributed by atoms with Crippen molar-refractivity contribution in [1.29, 1.82) is 0 Å². The van der Waals surface area contributed by atoms with E-state index in [4.69, 9.17) is 21.8 Å². The van der Waals surface area contributed by atoms with Crippen molar-refractivity contribution in [2.75, 3.05) is 6.54 Å². The van der Waals surface area contributed by atoms with Crippen molar-refractivity contribution in [3.63, 3.8) is 0 Å². The summed E-state index contributed by atoms with van der Waals surface area (Å²) in [4.78, 5) is 34.9. The Balaban J connectivity index is 2.10. The molecule has 0 saturated carbocycles. The molecular weight excluding hydrogens is 350 g/mol. The van der Waals surface area contributed by atoms with E-state index in [-0.39, 0.29) is 18.0 Å². The molecule has 0 bridgehead atoms. The maximum Gasteiger partial charge on any atom is 0.408 e. The van der Waals surface area contributed by atoms with Gasteiger partial charge in [0.1, 0.15) is 17.7 Å². The summed E-state index contributed by atoms with van der Waals surface area (Å²) in [5.74, 6) is -5.01. The first-order valence-corrected chi connectivity index (χ1v) is 7.22. The first-order chi connectivity index (χ1) is 11.2. The molecule has 3 N–H and O–H groups in total. The van der Waals surface area contributed by atoms with Gasteiger partial charge in [-0.25, -0.2) is 13.6 Å². The molecule has 1 aromatic carbocycles. The van der Waals surface area contributed by atoms with E-state index in [1.165, 1.54) is 0 Å². The second-order valence-corrected chi connectivity index (χ2v) is 5.67. The summed E-state index contributed by atoms with van der Waals surface area (Å²) >= 11 is 5.54. The average molecular weight is 363 g/mol. The molecule has 1 aliphatic rings. The summed E-state index contributed by atoms with van der Waals surface area (Å²) in [5, 5.41) is 19.9. The molecule has 0 aromatic heterocycles. The molecule has 2 rings (SSSR count). The van der Waals surface area contributed by atoms with Crippen molar-refractivity contribution in [2.45, 2.75) is 19.0 Å². The van der Waals surface area contributed by atoms with E-state index in [9.17, 15) is 23.2 Å². The van der Waals surface area contributed by atoms with Crippen LogP contribution in [-0.4, -0.2) is 45.7 Å². The number of halogens is 3. The molecule has 24 heavy (non-hydrogen) atoms. The third kappa shape index (κ3) is 3.56. The van der Waals surface area contributed by atoms with E-state index in [0.717, 1.165) is 12.1 Å². The number of nitrogens with one attached hydrogen (secondary N) is 1. The number of carbonyl (C=O) groups is 3. The highest BCUT2D eigenvalue weighted by Crippen LogP contribution is 2.25. The number of carboxylic acid groups (broad SMARTS) is 2. The lowest BCUT2D eigenvalue weighted by atomic mass is 10.1. The summed E-state index contributed by atoms with van der Waals surface area (Å²) in [6.07, 6.45) is -1.66. The van der Waals surface area contributed by atoms with Gasteiger partial charge in [0.15, 0.2) is 0 Å². The highest BCUT2D eigenvalue weighted by atomic mass is 35.5. The molecule has 1 heterocycles.